The second-order valence-corrected chi connectivity index (χ2v) is 9.05. The highest BCUT2D eigenvalue weighted by Gasteiger charge is 2.19. The molecule has 6 nitrogen and oxygen atoms in total. The van der Waals surface area contributed by atoms with Crippen molar-refractivity contribution in [2.75, 3.05) is 30.8 Å². The number of carbonyl (C=O) groups is 1. The molecule has 1 amide bonds. The number of carbonyl (C=O) groups excluding carboxylic acids is 1. The molecule has 8 heteroatoms. The minimum atomic E-state index is -3.50. The smallest absolute Gasteiger partial charge is 0.243 e. The van der Waals surface area contributed by atoms with Crippen molar-refractivity contribution in [3.8, 4) is 0 Å². The van der Waals surface area contributed by atoms with E-state index in [4.69, 9.17) is 11.6 Å². The van der Waals surface area contributed by atoms with Gasteiger partial charge >= 0.3 is 0 Å². The van der Waals surface area contributed by atoms with Crippen molar-refractivity contribution >= 4 is 38.9 Å². The summed E-state index contributed by atoms with van der Waals surface area (Å²) in [5, 5.41) is 6.34. The van der Waals surface area contributed by atoms with Crippen molar-refractivity contribution in [3.63, 3.8) is 0 Å². The summed E-state index contributed by atoms with van der Waals surface area (Å²) >= 11 is 5.96. The third kappa shape index (κ3) is 5.95. The van der Waals surface area contributed by atoms with Gasteiger partial charge in [-0.05, 0) is 55.3 Å². The Morgan fingerprint density at radius 1 is 1.14 bits per heavy atom. The Bertz CT molecular complexity index is 915. The summed E-state index contributed by atoms with van der Waals surface area (Å²) in [6.07, 6.45) is 1.75. The maximum atomic E-state index is 12.5. The lowest BCUT2D eigenvalue weighted by Crippen LogP contribution is -2.28. The summed E-state index contributed by atoms with van der Waals surface area (Å²) in [5.74, 6) is -0.221. The van der Waals surface area contributed by atoms with Gasteiger partial charge in [-0.25, -0.2) is 12.7 Å². The second-order valence-electron chi connectivity index (χ2n) is 6.57. The molecule has 0 atom stereocenters. The lowest BCUT2D eigenvalue weighted by molar-refractivity contribution is -0.114. The van der Waals surface area contributed by atoms with Crippen molar-refractivity contribution in [2.45, 2.75) is 31.6 Å². The van der Waals surface area contributed by atoms with E-state index in [0.29, 0.717) is 22.9 Å². The average Bonchev–Trinajstić information content (AvgIpc) is 2.67. The maximum Gasteiger partial charge on any atom is 0.243 e. The molecule has 0 aliphatic carbocycles. The van der Waals surface area contributed by atoms with Gasteiger partial charge in [0.15, 0.2) is 0 Å². The van der Waals surface area contributed by atoms with E-state index >= 15 is 0 Å². The van der Waals surface area contributed by atoms with E-state index in [1.807, 2.05) is 19.9 Å². The Morgan fingerprint density at radius 3 is 2.46 bits per heavy atom. The first-order valence-corrected chi connectivity index (χ1v) is 10.9. The molecule has 0 fully saturated rings. The van der Waals surface area contributed by atoms with Crippen molar-refractivity contribution in [2.24, 2.45) is 0 Å². The Balaban J connectivity index is 1.95. The van der Waals surface area contributed by atoms with Crippen LogP contribution in [-0.2, 0) is 14.8 Å². The van der Waals surface area contributed by atoms with Crippen LogP contribution in [0.15, 0.2) is 47.4 Å². The molecule has 0 aliphatic heterocycles. The first-order valence-electron chi connectivity index (χ1n) is 9.10. The first kappa shape index (κ1) is 22.2. The summed E-state index contributed by atoms with van der Waals surface area (Å²) in [6, 6.07) is 11.7. The molecule has 0 bridgehead atoms. The predicted molar refractivity (Wildman–Crippen MR) is 114 cm³/mol. The zero-order valence-corrected chi connectivity index (χ0v) is 17.9. The minimum absolute atomic E-state index is 0.0501. The molecule has 152 valence electrons. The van der Waals surface area contributed by atoms with Gasteiger partial charge in [0.2, 0.25) is 15.9 Å². The van der Waals surface area contributed by atoms with Crippen molar-refractivity contribution in [1.29, 1.82) is 0 Å². The quantitative estimate of drug-likeness (QED) is 0.635. The van der Waals surface area contributed by atoms with Crippen molar-refractivity contribution in [3.05, 3.63) is 53.1 Å². The molecular weight excluding hydrogens is 398 g/mol. The van der Waals surface area contributed by atoms with Gasteiger partial charge in [-0.3, -0.25) is 4.79 Å². The fourth-order valence-corrected chi connectivity index (χ4v) is 3.91. The Hall–Kier alpha value is -2.09. The number of sulfonamides is 1. The summed E-state index contributed by atoms with van der Waals surface area (Å²) < 4.78 is 26.4. The molecule has 2 aromatic carbocycles. The van der Waals surface area contributed by atoms with Crippen LogP contribution in [0.2, 0.25) is 5.02 Å². The molecule has 0 saturated heterocycles. The molecule has 0 radical (unpaired) electrons. The largest absolute Gasteiger partial charge is 0.376 e. The van der Waals surface area contributed by atoms with Crippen molar-refractivity contribution in [1.82, 2.24) is 4.31 Å². The van der Waals surface area contributed by atoms with Crippen LogP contribution in [0, 0.1) is 6.92 Å². The SMILES string of the molecule is CCCCN(C)S(=O)(=O)c1ccc(NCC(=O)Nc2cc(Cl)ccc2C)cc1. The fraction of sp³-hybridized carbons (Fsp3) is 0.350. The maximum absolute atomic E-state index is 12.5. The molecule has 2 N–H and O–H groups in total. The molecular formula is C20H26ClN3O3S. The average molecular weight is 424 g/mol. The lowest BCUT2D eigenvalue weighted by atomic mass is 10.2. The number of rotatable bonds is 9. The third-order valence-corrected chi connectivity index (χ3v) is 6.42. The van der Waals surface area contributed by atoms with E-state index in [1.54, 1.807) is 43.4 Å². The van der Waals surface area contributed by atoms with Crippen LogP contribution in [0.4, 0.5) is 11.4 Å². The van der Waals surface area contributed by atoms with Gasteiger partial charge in [0.25, 0.3) is 0 Å². The number of hydrogen-bond acceptors (Lipinski definition) is 4. The Kier molecular flexibility index (Phi) is 7.86. The number of nitrogens with one attached hydrogen (secondary N) is 2. The van der Waals surface area contributed by atoms with E-state index in [2.05, 4.69) is 10.6 Å². The summed E-state index contributed by atoms with van der Waals surface area (Å²) in [4.78, 5) is 12.4. The Labute approximate surface area is 171 Å². The summed E-state index contributed by atoms with van der Waals surface area (Å²) in [7, 11) is -1.91. The molecule has 0 aromatic heterocycles. The van der Waals surface area contributed by atoms with Crippen LogP contribution >= 0.6 is 11.6 Å². The number of nitrogens with zero attached hydrogens (tertiary/aromatic N) is 1. The minimum Gasteiger partial charge on any atom is -0.376 e. The lowest BCUT2D eigenvalue weighted by Gasteiger charge is -2.17. The number of anilines is 2. The highest BCUT2D eigenvalue weighted by atomic mass is 35.5. The van der Waals surface area contributed by atoms with E-state index in [0.717, 1.165) is 18.4 Å². The number of hydrogen-bond donors (Lipinski definition) is 2. The Morgan fingerprint density at radius 2 is 1.82 bits per heavy atom. The normalized spacial score (nSPS) is 11.5. The second kappa shape index (κ2) is 9.91. The molecule has 0 spiro atoms. The van der Waals surface area contributed by atoms with Crippen LogP contribution in [0.1, 0.15) is 25.3 Å². The van der Waals surface area contributed by atoms with Crippen LogP contribution in [0.5, 0.6) is 0 Å². The zero-order valence-electron chi connectivity index (χ0n) is 16.3. The monoisotopic (exact) mass is 423 g/mol. The molecule has 0 heterocycles. The molecule has 0 aliphatic rings. The van der Waals surface area contributed by atoms with Gasteiger partial charge in [0.05, 0.1) is 11.4 Å². The molecule has 2 aromatic rings. The molecule has 2 rings (SSSR count). The highest BCUT2D eigenvalue weighted by molar-refractivity contribution is 7.89. The van der Waals surface area contributed by atoms with Crippen LogP contribution in [0.25, 0.3) is 0 Å². The van der Waals surface area contributed by atoms with E-state index in [-0.39, 0.29) is 17.3 Å². The van der Waals surface area contributed by atoms with E-state index < -0.39 is 10.0 Å². The topological polar surface area (TPSA) is 78.5 Å². The number of halogens is 1. The first-order chi connectivity index (χ1) is 13.2. The summed E-state index contributed by atoms with van der Waals surface area (Å²) in [5.41, 5.74) is 2.24. The van der Waals surface area contributed by atoms with Gasteiger partial charge in [-0.2, -0.15) is 0 Å². The summed E-state index contributed by atoms with van der Waals surface area (Å²) in [6.45, 7) is 4.44. The molecule has 0 saturated carbocycles. The van der Waals surface area contributed by atoms with Gasteiger partial charge < -0.3 is 10.6 Å². The standard InChI is InChI=1S/C20H26ClN3O3S/c1-4-5-12-24(3)28(26,27)18-10-8-17(9-11-18)22-14-20(25)23-19-13-16(21)7-6-15(19)2/h6-11,13,22H,4-5,12,14H2,1-3H3,(H,23,25). The van der Waals surface area contributed by atoms with E-state index in [1.165, 1.54) is 4.31 Å². The van der Waals surface area contributed by atoms with Crippen LogP contribution in [-0.4, -0.2) is 38.8 Å². The fourth-order valence-electron chi connectivity index (χ4n) is 2.53. The molecule has 0 unspecified atom stereocenters. The van der Waals surface area contributed by atoms with Gasteiger partial charge in [-0.1, -0.05) is 31.0 Å². The van der Waals surface area contributed by atoms with Crippen LogP contribution in [0.3, 0.4) is 0 Å². The van der Waals surface area contributed by atoms with Gasteiger partial charge in [-0.15, -0.1) is 0 Å². The molecule has 28 heavy (non-hydrogen) atoms. The van der Waals surface area contributed by atoms with Crippen LogP contribution < -0.4 is 10.6 Å². The number of benzene rings is 2. The number of amides is 1. The van der Waals surface area contributed by atoms with E-state index in [9.17, 15) is 13.2 Å². The third-order valence-electron chi connectivity index (χ3n) is 4.32. The number of aryl methyl sites for hydroxylation is 1. The van der Waals surface area contributed by atoms with Gasteiger partial charge in [0.1, 0.15) is 0 Å². The highest BCUT2D eigenvalue weighted by Crippen LogP contribution is 2.20. The predicted octanol–water partition coefficient (Wildman–Crippen LogP) is 4.12. The van der Waals surface area contributed by atoms with Gasteiger partial charge in [0, 0.05) is 30.0 Å². The number of unbranched alkanes of at least 4 members (excludes halogenated alkanes) is 1. The zero-order chi connectivity index (χ0) is 20.7. The van der Waals surface area contributed by atoms with Crippen molar-refractivity contribution < 1.29 is 13.2 Å².